The van der Waals surface area contributed by atoms with Gasteiger partial charge in [0, 0.05) is 0 Å². The van der Waals surface area contributed by atoms with Gasteiger partial charge < -0.3 is 5.32 Å². The summed E-state index contributed by atoms with van der Waals surface area (Å²) in [5.41, 5.74) is 0. The molecule has 0 amide bonds. The zero-order valence-electron chi connectivity index (χ0n) is 6.66. The Bertz CT molecular complexity index is 131. The summed E-state index contributed by atoms with van der Waals surface area (Å²) >= 11 is 0. The van der Waals surface area contributed by atoms with Crippen molar-refractivity contribution in [1.82, 2.24) is 5.32 Å². The van der Waals surface area contributed by atoms with Crippen molar-refractivity contribution in [2.45, 2.75) is 19.2 Å². The third-order valence-corrected chi connectivity index (χ3v) is 1.95. The van der Waals surface area contributed by atoms with E-state index in [4.69, 9.17) is 0 Å². The van der Waals surface area contributed by atoms with E-state index < -0.39 is 6.36 Å². The van der Waals surface area contributed by atoms with Gasteiger partial charge in [0.15, 0.2) is 0 Å². The fraction of sp³-hybridized carbons (Fsp3) is 1.00. The van der Waals surface area contributed by atoms with Crippen LogP contribution in [0.15, 0.2) is 0 Å². The molecule has 0 saturated carbocycles. The van der Waals surface area contributed by atoms with Crippen molar-refractivity contribution in [3.63, 3.8) is 0 Å². The van der Waals surface area contributed by atoms with Crippen molar-refractivity contribution in [3.8, 4) is 0 Å². The molecule has 0 bridgehead atoms. The van der Waals surface area contributed by atoms with E-state index in [0.29, 0.717) is 12.3 Å². The summed E-state index contributed by atoms with van der Waals surface area (Å²) in [6.07, 6.45) is -3.01. The van der Waals surface area contributed by atoms with Crippen molar-refractivity contribution >= 4 is 0 Å². The highest BCUT2D eigenvalue weighted by atomic mass is 19.4. The molecule has 0 spiro atoms. The van der Waals surface area contributed by atoms with Crippen LogP contribution in [0.25, 0.3) is 0 Å². The van der Waals surface area contributed by atoms with E-state index in [0.717, 1.165) is 19.5 Å². The maximum Gasteiger partial charge on any atom is 0.522 e. The van der Waals surface area contributed by atoms with Crippen LogP contribution in [0.4, 0.5) is 13.2 Å². The van der Waals surface area contributed by atoms with Gasteiger partial charge >= 0.3 is 6.36 Å². The molecule has 1 fully saturated rings. The molecule has 1 aliphatic heterocycles. The maximum absolute atomic E-state index is 11.5. The number of hydrogen-bond acceptors (Lipinski definition) is 2. The standard InChI is InChI=1S/C7H12F3NO/c8-7(9,10)12-4-2-6-1-3-11-5-6/h6,11H,1-5H2. The fourth-order valence-electron chi connectivity index (χ4n) is 1.30. The first-order valence-electron chi connectivity index (χ1n) is 3.99. The van der Waals surface area contributed by atoms with Crippen LogP contribution in [0.5, 0.6) is 0 Å². The van der Waals surface area contributed by atoms with Crippen LogP contribution in [0, 0.1) is 5.92 Å². The topological polar surface area (TPSA) is 21.3 Å². The van der Waals surface area contributed by atoms with Crippen LogP contribution >= 0.6 is 0 Å². The summed E-state index contributed by atoms with van der Waals surface area (Å²) in [5.74, 6) is 0.354. The Kier molecular flexibility index (Phi) is 3.34. The Hall–Kier alpha value is -0.290. The van der Waals surface area contributed by atoms with Crippen LogP contribution in [-0.2, 0) is 4.74 Å². The zero-order valence-corrected chi connectivity index (χ0v) is 6.66. The van der Waals surface area contributed by atoms with Gasteiger partial charge in [-0.15, -0.1) is 13.2 Å². The summed E-state index contributed by atoms with van der Waals surface area (Å²) in [4.78, 5) is 0. The summed E-state index contributed by atoms with van der Waals surface area (Å²) < 4.78 is 38.1. The van der Waals surface area contributed by atoms with Crippen LogP contribution < -0.4 is 5.32 Å². The molecule has 0 radical (unpaired) electrons. The quantitative estimate of drug-likeness (QED) is 0.716. The first-order valence-corrected chi connectivity index (χ1v) is 3.99. The second-order valence-corrected chi connectivity index (χ2v) is 2.94. The highest BCUT2D eigenvalue weighted by Crippen LogP contribution is 2.19. The molecule has 72 valence electrons. The van der Waals surface area contributed by atoms with Crippen molar-refractivity contribution in [2.75, 3.05) is 19.7 Å². The van der Waals surface area contributed by atoms with Gasteiger partial charge in [0.2, 0.25) is 0 Å². The molecule has 1 N–H and O–H groups in total. The lowest BCUT2D eigenvalue weighted by molar-refractivity contribution is -0.325. The second-order valence-electron chi connectivity index (χ2n) is 2.94. The molecule has 5 heteroatoms. The van der Waals surface area contributed by atoms with E-state index >= 15 is 0 Å². The average molecular weight is 183 g/mol. The molecule has 0 aromatic rings. The summed E-state index contributed by atoms with van der Waals surface area (Å²) in [5, 5.41) is 3.08. The molecule has 1 rings (SSSR count). The number of ether oxygens (including phenoxy) is 1. The highest BCUT2D eigenvalue weighted by molar-refractivity contribution is 4.70. The lowest BCUT2D eigenvalue weighted by Crippen LogP contribution is -2.17. The van der Waals surface area contributed by atoms with Gasteiger partial charge in [0.05, 0.1) is 6.61 Å². The Labute approximate surface area is 69.1 Å². The Morgan fingerprint density at radius 2 is 2.17 bits per heavy atom. The summed E-state index contributed by atoms with van der Waals surface area (Å²) in [6.45, 7) is 1.52. The molecule has 1 aliphatic rings. The van der Waals surface area contributed by atoms with Gasteiger partial charge in [-0.3, -0.25) is 4.74 Å². The monoisotopic (exact) mass is 183 g/mol. The normalized spacial score (nSPS) is 24.8. The molecule has 0 aliphatic carbocycles. The molecule has 0 aromatic carbocycles. The summed E-state index contributed by atoms with van der Waals surface area (Å²) in [6, 6.07) is 0. The highest BCUT2D eigenvalue weighted by Gasteiger charge is 2.29. The molecule has 0 aromatic heterocycles. The van der Waals surface area contributed by atoms with E-state index in [2.05, 4.69) is 10.1 Å². The Balaban J connectivity index is 2.02. The first kappa shape index (κ1) is 9.80. The van der Waals surface area contributed by atoms with Gasteiger partial charge in [-0.05, 0) is 31.8 Å². The number of rotatable bonds is 3. The van der Waals surface area contributed by atoms with Crippen LogP contribution in [0.1, 0.15) is 12.8 Å². The van der Waals surface area contributed by atoms with Crippen molar-refractivity contribution < 1.29 is 17.9 Å². The predicted molar refractivity (Wildman–Crippen MR) is 37.6 cm³/mol. The number of halogens is 3. The molecule has 1 saturated heterocycles. The Morgan fingerprint density at radius 1 is 1.42 bits per heavy atom. The largest absolute Gasteiger partial charge is 0.522 e. The van der Waals surface area contributed by atoms with Crippen molar-refractivity contribution in [2.24, 2.45) is 5.92 Å². The molecular weight excluding hydrogens is 171 g/mol. The van der Waals surface area contributed by atoms with E-state index in [1.165, 1.54) is 0 Å². The van der Waals surface area contributed by atoms with Crippen LogP contribution in [0.2, 0.25) is 0 Å². The zero-order chi connectivity index (χ0) is 9.03. The molecular formula is C7H12F3NO. The number of alkyl halides is 3. The van der Waals surface area contributed by atoms with Gasteiger partial charge in [0.1, 0.15) is 0 Å². The Morgan fingerprint density at radius 3 is 2.67 bits per heavy atom. The molecule has 1 unspecified atom stereocenters. The third-order valence-electron chi connectivity index (χ3n) is 1.95. The minimum atomic E-state index is -4.47. The molecule has 1 atom stereocenters. The lowest BCUT2D eigenvalue weighted by Gasteiger charge is -2.10. The molecule has 1 heterocycles. The average Bonchev–Trinajstić information content (AvgIpc) is 2.36. The van der Waals surface area contributed by atoms with E-state index in [1.54, 1.807) is 0 Å². The fourth-order valence-corrected chi connectivity index (χ4v) is 1.30. The lowest BCUT2D eigenvalue weighted by atomic mass is 10.1. The van der Waals surface area contributed by atoms with E-state index in [9.17, 15) is 13.2 Å². The van der Waals surface area contributed by atoms with E-state index in [-0.39, 0.29) is 6.61 Å². The van der Waals surface area contributed by atoms with Gasteiger partial charge in [0.25, 0.3) is 0 Å². The van der Waals surface area contributed by atoms with Crippen molar-refractivity contribution in [1.29, 1.82) is 0 Å². The van der Waals surface area contributed by atoms with Gasteiger partial charge in [-0.25, -0.2) is 0 Å². The first-order chi connectivity index (χ1) is 5.58. The van der Waals surface area contributed by atoms with Crippen LogP contribution in [-0.4, -0.2) is 26.1 Å². The third kappa shape index (κ3) is 3.92. The smallest absolute Gasteiger partial charge is 0.316 e. The minimum absolute atomic E-state index is 0.212. The maximum atomic E-state index is 11.5. The van der Waals surface area contributed by atoms with Crippen LogP contribution in [0.3, 0.4) is 0 Å². The molecule has 12 heavy (non-hydrogen) atoms. The predicted octanol–water partition coefficient (Wildman–Crippen LogP) is 1.52. The number of nitrogens with one attached hydrogen (secondary N) is 1. The molecule has 2 nitrogen and oxygen atoms in total. The minimum Gasteiger partial charge on any atom is -0.316 e. The SMILES string of the molecule is FC(F)(F)OCCC1CCNC1. The summed E-state index contributed by atoms with van der Waals surface area (Å²) in [7, 11) is 0. The van der Waals surface area contributed by atoms with Gasteiger partial charge in [-0.1, -0.05) is 0 Å². The van der Waals surface area contributed by atoms with Crippen molar-refractivity contribution in [3.05, 3.63) is 0 Å². The number of hydrogen-bond donors (Lipinski definition) is 1. The second kappa shape index (κ2) is 4.09. The van der Waals surface area contributed by atoms with E-state index in [1.807, 2.05) is 0 Å². The van der Waals surface area contributed by atoms with Gasteiger partial charge in [-0.2, -0.15) is 0 Å².